The molecule has 0 radical (unpaired) electrons. The van der Waals surface area contributed by atoms with Crippen LogP contribution in [-0.2, 0) is 11.0 Å². The Morgan fingerprint density at radius 2 is 1.70 bits per heavy atom. The lowest BCUT2D eigenvalue weighted by molar-refractivity contribution is -0.143. The molecule has 30 heavy (non-hydrogen) atoms. The van der Waals surface area contributed by atoms with Gasteiger partial charge in [0.1, 0.15) is 0 Å². The van der Waals surface area contributed by atoms with Gasteiger partial charge in [-0.1, -0.05) is 31.2 Å². The maximum atomic E-state index is 13.8. The summed E-state index contributed by atoms with van der Waals surface area (Å²) in [4.78, 5) is 24.2. The molecule has 156 valence electrons. The molecule has 3 rings (SSSR count). The van der Waals surface area contributed by atoms with Gasteiger partial charge >= 0.3 is 6.18 Å². The van der Waals surface area contributed by atoms with Crippen molar-refractivity contribution in [2.45, 2.75) is 26.4 Å². The molecule has 2 amide bonds. The van der Waals surface area contributed by atoms with E-state index >= 15 is 0 Å². The first-order valence-corrected chi connectivity index (χ1v) is 9.13. The standard InChI is InChI=1S/C21H19F3N4O2/c1-3-18(29)26-14-8-6-9-15(11-14)27-20(30)16-12-25-28(19(16)21(22,23)24)17-10-5-4-7-13(17)2/h4-12H,3H2,1-2H3,(H,26,29)(H,27,30). The van der Waals surface area contributed by atoms with Crippen molar-refractivity contribution >= 4 is 23.2 Å². The van der Waals surface area contributed by atoms with E-state index in [1.807, 2.05) is 0 Å². The molecule has 0 aliphatic heterocycles. The van der Waals surface area contributed by atoms with Gasteiger partial charge in [0.25, 0.3) is 5.91 Å². The van der Waals surface area contributed by atoms with E-state index in [-0.39, 0.29) is 23.7 Å². The predicted octanol–water partition coefficient (Wildman–Crippen LogP) is 4.80. The average Bonchev–Trinajstić information content (AvgIpc) is 3.14. The van der Waals surface area contributed by atoms with Crippen LogP contribution in [0.15, 0.2) is 54.7 Å². The summed E-state index contributed by atoms with van der Waals surface area (Å²) in [5, 5.41) is 8.89. The third kappa shape index (κ3) is 4.51. The number of carbonyl (C=O) groups excluding carboxylic acids is 2. The number of anilines is 2. The summed E-state index contributed by atoms with van der Waals surface area (Å²) in [6, 6.07) is 12.6. The number of aromatic nitrogens is 2. The number of nitrogens with one attached hydrogen (secondary N) is 2. The molecule has 9 heteroatoms. The number of benzene rings is 2. The molecule has 0 unspecified atom stereocenters. The summed E-state index contributed by atoms with van der Waals surface area (Å²) in [5.41, 5.74) is -0.291. The van der Waals surface area contributed by atoms with Gasteiger partial charge < -0.3 is 10.6 Å². The second-order valence-electron chi connectivity index (χ2n) is 6.54. The highest BCUT2D eigenvalue weighted by atomic mass is 19.4. The van der Waals surface area contributed by atoms with Crippen molar-refractivity contribution in [2.24, 2.45) is 0 Å². The summed E-state index contributed by atoms with van der Waals surface area (Å²) in [6.45, 7) is 3.35. The SMILES string of the molecule is CCC(=O)Nc1cccc(NC(=O)c2cnn(-c3ccccc3C)c2C(F)(F)F)c1. The quantitative estimate of drug-likeness (QED) is 0.627. The Balaban J connectivity index is 1.95. The van der Waals surface area contributed by atoms with Gasteiger partial charge in [-0.15, -0.1) is 0 Å². The number of aryl methyl sites for hydroxylation is 1. The molecule has 0 atom stereocenters. The molecule has 0 aliphatic rings. The lowest BCUT2D eigenvalue weighted by atomic mass is 10.1. The van der Waals surface area contributed by atoms with Gasteiger partial charge in [-0.25, -0.2) is 4.68 Å². The topological polar surface area (TPSA) is 76.0 Å². The first kappa shape index (κ1) is 21.1. The van der Waals surface area contributed by atoms with Crippen LogP contribution in [0, 0.1) is 6.92 Å². The molecule has 2 N–H and O–H groups in total. The second-order valence-corrected chi connectivity index (χ2v) is 6.54. The number of hydrogen-bond acceptors (Lipinski definition) is 3. The minimum absolute atomic E-state index is 0.225. The van der Waals surface area contributed by atoms with E-state index in [4.69, 9.17) is 0 Å². The number of alkyl halides is 3. The van der Waals surface area contributed by atoms with E-state index in [0.29, 0.717) is 11.3 Å². The molecule has 1 aromatic heterocycles. The van der Waals surface area contributed by atoms with Crippen molar-refractivity contribution in [2.75, 3.05) is 10.6 Å². The van der Waals surface area contributed by atoms with Gasteiger partial charge in [-0.2, -0.15) is 18.3 Å². The summed E-state index contributed by atoms with van der Waals surface area (Å²) < 4.78 is 42.2. The van der Waals surface area contributed by atoms with E-state index in [1.54, 1.807) is 44.2 Å². The number of rotatable bonds is 5. The minimum atomic E-state index is -4.80. The molecule has 0 fully saturated rings. The van der Waals surface area contributed by atoms with Crippen molar-refractivity contribution in [3.05, 3.63) is 71.5 Å². The van der Waals surface area contributed by atoms with Crippen LogP contribution >= 0.6 is 0 Å². The van der Waals surface area contributed by atoms with E-state index in [2.05, 4.69) is 15.7 Å². The van der Waals surface area contributed by atoms with Crippen LogP contribution in [0.2, 0.25) is 0 Å². The maximum Gasteiger partial charge on any atom is 0.434 e. The van der Waals surface area contributed by atoms with E-state index in [9.17, 15) is 22.8 Å². The molecule has 0 aliphatic carbocycles. The zero-order valence-corrected chi connectivity index (χ0v) is 16.2. The second kappa shape index (κ2) is 8.40. The van der Waals surface area contributed by atoms with Crippen molar-refractivity contribution in [1.29, 1.82) is 0 Å². The Bertz CT molecular complexity index is 1090. The largest absolute Gasteiger partial charge is 0.434 e. The fourth-order valence-corrected chi connectivity index (χ4v) is 2.89. The van der Waals surface area contributed by atoms with Gasteiger partial charge in [0.05, 0.1) is 17.4 Å². The molecule has 3 aromatic rings. The molecule has 6 nitrogen and oxygen atoms in total. The molecular weight excluding hydrogens is 397 g/mol. The third-order valence-electron chi connectivity index (χ3n) is 4.35. The van der Waals surface area contributed by atoms with Crippen LogP contribution in [0.25, 0.3) is 5.69 Å². The number of nitrogens with zero attached hydrogens (tertiary/aromatic N) is 2. The third-order valence-corrected chi connectivity index (χ3v) is 4.35. The normalized spacial score (nSPS) is 11.2. The first-order valence-electron chi connectivity index (χ1n) is 9.13. The summed E-state index contributed by atoms with van der Waals surface area (Å²) in [6.07, 6.45) is -3.64. The smallest absolute Gasteiger partial charge is 0.326 e. The number of carbonyl (C=O) groups is 2. The van der Waals surface area contributed by atoms with Gasteiger partial charge in [0.15, 0.2) is 5.69 Å². The lowest BCUT2D eigenvalue weighted by Gasteiger charge is -2.14. The van der Waals surface area contributed by atoms with E-state index < -0.39 is 23.3 Å². The minimum Gasteiger partial charge on any atom is -0.326 e. The summed E-state index contributed by atoms with van der Waals surface area (Å²) >= 11 is 0. The summed E-state index contributed by atoms with van der Waals surface area (Å²) in [5.74, 6) is -1.18. The molecule has 0 saturated carbocycles. The van der Waals surface area contributed by atoms with Crippen molar-refractivity contribution in [1.82, 2.24) is 9.78 Å². The number of hydrogen-bond donors (Lipinski definition) is 2. The monoisotopic (exact) mass is 416 g/mol. The fourth-order valence-electron chi connectivity index (χ4n) is 2.89. The van der Waals surface area contributed by atoms with Crippen LogP contribution < -0.4 is 10.6 Å². The molecular formula is C21H19F3N4O2. The zero-order valence-electron chi connectivity index (χ0n) is 16.2. The van der Waals surface area contributed by atoms with Gasteiger partial charge in [-0.3, -0.25) is 9.59 Å². The number of halogens is 3. The molecule has 0 bridgehead atoms. The van der Waals surface area contributed by atoms with Crippen molar-refractivity contribution in [3.63, 3.8) is 0 Å². The Morgan fingerprint density at radius 3 is 2.33 bits per heavy atom. The molecule has 2 aromatic carbocycles. The van der Waals surface area contributed by atoms with Crippen LogP contribution in [0.1, 0.15) is 35.0 Å². The molecule has 0 spiro atoms. The van der Waals surface area contributed by atoms with Crippen LogP contribution in [0.5, 0.6) is 0 Å². The number of amides is 2. The van der Waals surface area contributed by atoms with Gasteiger partial charge in [-0.05, 0) is 36.8 Å². The van der Waals surface area contributed by atoms with Crippen molar-refractivity contribution in [3.8, 4) is 5.69 Å². The van der Waals surface area contributed by atoms with Crippen LogP contribution in [0.4, 0.5) is 24.5 Å². The average molecular weight is 416 g/mol. The predicted molar refractivity (Wildman–Crippen MR) is 107 cm³/mol. The van der Waals surface area contributed by atoms with Gasteiger partial charge in [0.2, 0.25) is 5.91 Å². The van der Waals surface area contributed by atoms with Crippen LogP contribution in [0.3, 0.4) is 0 Å². The number of para-hydroxylation sites is 1. The highest BCUT2D eigenvalue weighted by molar-refractivity contribution is 6.05. The van der Waals surface area contributed by atoms with E-state index in [1.165, 1.54) is 18.2 Å². The van der Waals surface area contributed by atoms with Crippen LogP contribution in [-0.4, -0.2) is 21.6 Å². The Kier molecular flexibility index (Phi) is 5.91. The summed E-state index contributed by atoms with van der Waals surface area (Å²) in [7, 11) is 0. The lowest BCUT2D eigenvalue weighted by Crippen LogP contribution is -2.21. The Hall–Kier alpha value is -3.62. The molecule has 0 saturated heterocycles. The highest BCUT2D eigenvalue weighted by Gasteiger charge is 2.40. The van der Waals surface area contributed by atoms with Crippen molar-refractivity contribution < 1.29 is 22.8 Å². The van der Waals surface area contributed by atoms with Gasteiger partial charge in [0, 0.05) is 17.8 Å². The fraction of sp³-hybridized carbons (Fsp3) is 0.190. The highest BCUT2D eigenvalue weighted by Crippen LogP contribution is 2.34. The zero-order chi connectivity index (χ0) is 21.9. The van der Waals surface area contributed by atoms with E-state index in [0.717, 1.165) is 10.9 Å². The Labute approximate surface area is 170 Å². The molecule has 1 heterocycles. The maximum absolute atomic E-state index is 13.8. The Morgan fingerprint density at radius 1 is 1.03 bits per heavy atom. The first-order chi connectivity index (χ1) is 14.2.